The van der Waals surface area contributed by atoms with E-state index in [1.165, 1.54) is 11.1 Å². The van der Waals surface area contributed by atoms with Crippen LogP contribution in [0.3, 0.4) is 0 Å². The maximum Gasteiger partial charge on any atom is 0.268 e. The van der Waals surface area contributed by atoms with Gasteiger partial charge in [0.15, 0.2) is 0 Å². The fourth-order valence-corrected chi connectivity index (χ4v) is 3.71. The quantitative estimate of drug-likeness (QED) is 0.647. The highest BCUT2D eigenvalue weighted by atomic mass is 32.1. The summed E-state index contributed by atoms with van der Waals surface area (Å²) < 4.78 is 3.23. The number of aromatic nitrogens is 1. The molecule has 0 aliphatic rings. The minimum absolute atomic E-state index is 0.0605. The molecule has 0 aliphatic heterocycles. The molecule has 1 aromatic carbocycles. The number of benzene rings is 1. The second kappa shape index (κ2) is 6.89. The van der Waals surface area contributed by atoms with E-state index in [4.69, 9.17) is 0 Å². The molecule has 2 aromatic heterocycles. The van der Waals surface area contributed by atoms with Crippen molar-refractivity contribution < 1.29 is 4.79 Å². The van der Waals surface area contributed by atoms with Gasteiger partial charge in [-0.3, -0.25) is 4.79 Å². The average Bonchev–Trinajstić information content (AvgIpc) is 3.15. The number of amides is 1. The summed E-state index contributed by atoms with van der Waals surface area (Å²) in [7, 11) is 0. The molecule has 0 saturated carbocycles. The van der Waals surface area contributed by atoms with Crippen molar-refractivity contribution in [2.45, 2.75) is 32.7 Å². The maximum absolute atomic E-state index is 12.5. The Hall–Kier alpha value is -2.33. The highest BCUT2D eigenvalue weighted by Gasteiger charge is 2.17. The normalized spacial score (nSPS) is 11.6. The summed E-state index contributed by atoms with van der Waals surface area (Å²) in [6.45, 7) is 11.4. The Kier molecular flexibility index (Phi) is 4.82. The van der Waals surface area contributed by atoms with E-state index < -0.39 is 0 Å². The van der Waals surface area contributed by atoms with Crippen LogP contribution in [0.15, 0.2) is 54.4 Å². The third-order valence-electron chi connectivity index (χ3n) is 4.32. The van der Waals surface area contributed by atoms with Gasteiger partial charge in [-0.2, -0.15) is 0 Å². The fourth-order valence-electron chi connectivity index (χ4n) is 2.88. The molecule has 0 atom stereocenters. The maximum atomic E-state index is 12.5. The number of nitrogens with zero attached hydrogens (tertiary/aromatic N) is 1. The molecule has 0 bridgehead atoms. The molecular formula is C21H24N2OS. The first-order chi connectivity index (χ1) is 11.9. The number of carbonyl (C=O) groups is 1. The minimum Gasteiger partial charge on any atom is -0.347 e. The van der Waals surface area contributed by atoms with Gasteiger partial charge in [-0.15, -0.1) is 17.9 Å². The van der Waals surface area contributed by atoms with E-state index in [0.717, 1.165) is 10.2 Å². The number of carbonyl (C=O) groups excluding carboxylic acids is 1. The van der Waals surface area contributed by atoms with Crippen molar-refractivity contribution in [1.82, 2.24) is 9.88 Å². The summed E-state index contributed by atoms with van der Waals surface area (Å²) in [5.74, 6) is -0.0605. The van der Waals surface area contributed by atoms with E-state index in [0.29, 0.717) is 18.8 Å². The standard InChI is InChI=1S/C21H24N2OS/c1-5-11-22-20(24)18-13-19-17(10-12-25-19)23(18)14-15-6-8-16(9-7-15)21(2,3)4/h5-10,12-13H,1,11,14H2,2-4H3,(H,22,24). The zero-order valence-electron chi connectivity index (χ0n) is 15.0. The molecule has 2 heterocycles. The Bertz CT molecular complexity index is 894. The van der Waals surface area contributed by atoms with Gasteiger partial charge in [-0.1, -0.05) is 51.1 Å². The molecule has 0 saturated heterocycles. The van der Waals surface area contributed by atoms with Crippen LogP contribution in [0.4, 0.5) is 0 Å². The number of hydrogen-bond donors (Lipinski definition) is 1. The van der Waals surface area contributed by atoms with Crippen molar-refractivity contribution >= 4 is 27.5 Å². The monoisotopic (exact) mass is 352 g/mol. The predicted molar refractivity (Wildman–Crippen MR) is 107 cm³/mol. The van der Waals surface area contributed by atoms with E-state index >= 15 is 0 Å². The van der Waals surface area contributed by atoms with Gasteiger partial charge in [-0.25, -0.2) is 0 Å². The molecular weight excluding hydrogens is 328 g/mol. The van der Waals surface area contributed by atoms with Crippen LogP contribution in [0, 0.1) is 0 Å². The summed E-state index contributed by atoms with van der Waals surface area (Å²) in [4.78, 5) is 12.5. The molecule has 130 valence electrons. The molecule has 0 spiro atoms. The van der Waals surface area contributed by atoms with Gasteiger partial charge in [-0.05, 0) is 34.1 Å². The summed E-state index contributed by atoms with van der Waals surface area (Å²) in [5.41, 5.74) is 4.45. The van der Waals surface area contributed by atoms with E-state index in [-0.39, 0.29) is 11.3 Å². The molecule has 4 heteroatoms. The van der Waals surface area contributed by atoms with Crippen molar-refractivity contribution in [3.63, 3.8) is 0 Å². The third kappa shape index (κ3) is 3.69. The summed E-state index contributed by atoms with van der Waals surface area (Å²) >= 11 is 1.66. The second-order valence-corrected chi connectivity index (χ2v) is 8.18. The molecule has 3 aromatic rings. The summed E-state index contributed by atoms with van der Waals surface area (Å²) in [5, 5.41) is 4.95. The van der Waals surface area contributed by atoms with Gasteiger partial charge in [0.05, 0.1) is 10.2 Å². The first-order valence-corrected chi connectivity index (χ1v) is 9.33. The van der Waals surface area contributed by atoms with Gasteiger partial charge in [0.25, 0.3) is 5.91 Å². The number of rotatable bonds is 5. The molecule has 0 radical (unpaired) electrons. The first-order valence-electron chi connectivity index (χ1n) is 8.45. The highest BCUT2D eigenvalue weighted by molar-refractivity contribution is 7.17. The van der Waals surface area contributed by atoms with Crippen LogP contribution in [0.2, 0.25) is 0 Å². The smallest absolute Gasteiger partial charge is 0.268 e. The Morgan fingerprint density at radius 1 is 1.24 bits per heavy atom. The van der Waals surface area contributed by atoms with E-state index in [2.05, 4.69) is 72.9 Å². The van der Waals surface area contributed by atoms with Gasteiger partial charge < -0.3 is 9.88 Å². The number of hydrogen-bond acceptors (Lipinski definition) is 2. The number of nitrogens with one attached hydrogen (secondary N) is 1. The van der Waals surface area contributed by atoms with Gasteiger partial charge in [0, 0.05) is 13.1 Å². The SMILES string of the molecule is C=CCNC(=O)c1cc2sccc2n1Cc1ccc(C(C)(C)C)cc1. The fraction of sp³-hybridized carbons (Fsp3) is 0.286. The highest BCUT2D eigenvalue weighted by Crippen LogP contribution is 2.27. The summed E-state index contributed by atoms with van der Waals surface area (Å²) in [6, 6.07) is 12.7. The van der Waals surface area contributed by atoms with Crippen molar-refractivity contribution in [1.29, 1.82) is 0 Å². The molecule has 0 fully saturated rings. The topological polar surface area (TPSA) is 34.0 Å². The van der Waals surface area contributed by atoms with Gasteiger partial charge >= 0.3 is 0 Å². The lowest BCUT2D eigenvalue weighted by Crippen LogP contribution is -2.26. The zero-order valence-corrected chi connectivity index (χ0v) is 15.8. The minimum atomic E-state index is -0.0605. The van der Waals surface area contributed by atoms with Crippen LogP contribution < -0.4 is 5.32 Å². The molecule has 1 N–H and O–H groups in total. The Morgan fingerprint density at radius 3 is 2.60 bits per heavy atom. The largest absolute Gasteiger partial charge is 0.347 e. The lowest BCUT2D eigenvalue weighted by molar-refractivity contribution is 0.0949. The average molecular weight is 353 g/mol. The molecule has 25 heavy (non-hydrogen) atoms. The Morgan fingerprint density at radius 2 is 1.96 bits per heavy atom. The summed E-state index contributed by atoms with van der Waals surface area (Å²) in [6.07, 6.45) is 1.69. The van der Waals surface area contributed by atoms with Crippen molar-refractivity contribution in [3.8, 4) is 0 Å². The van der Waals surface area contributed by atoms with Crippen LogP contribution in [-0.4, -0.2) is 17.0 Å². The molecule has 1 amide bonds. The van der Waals surface area contributed by atoms with Gasteiger partial charge in [0.1, 0.15) is 5.69 Å². The van der Waals surface area contributed by atoms with E-state index in [9.17, 15) is 4.79 Å². The second-order valence-electron chi connectivity index (χ2n) is 7.23. The lowest BCUT2D eigenvalue weighted by Gasteiger charge is -2.19. The van der Waals surface area contributed by atoms with E-state index in [1.54, 1.807) is 17.4 Å². The molecule has 3 nitrogen and oxygen atoms in total. The van der Waals surface area contributed by atoms with Crippen molar-refractivity contribution in [2.24, 2.45) is 0 Å². The van der Waals surface area contributed by atoms with Gasteiger partial charge in [0.2, 0.25) is 0 Å². The van der Waals surface area contributed by atoms with Crippen molar-refractivity contribution in [2.75, 3.05) is 6.54 Å². The van der Waals surface area contributed by atoms with Crippen LogP contribution in [-0.2, 0) is 12.0 Å². The molecule has 0 unspecified atom stereocenters. The lowest BCUT2D eigenvalue weighted by atomic mass is 9.87. The third-order valence-corrected chi connectivity index (χ3v) is 5.18. The number of thiophene rings is 1. The van der Waals surface area contributed by atoms with Crippen LogP contribution >= 0.6 is 11.3 Å². The molecule has 3 rings (SSSR count). The first kappa shape index (κ1) is 17.5. The Labute approximate surface area is 153 Å². The van der Waals surface area contributed by atoms with E-state index in [1.807, 2.05) is 6.07 Å². The number of fused-ring (bicyclic) bond motifs is 1. The molecule has 0 aliphatic carbocycles. The zero-order chi connectivity index (χ0) is 18.0. The van der Waals surface area contributed by atoms with Crippen LogP contribution in [0.1, 0.15) is 42.4 Å². The predicted octanol–water partition coefficient (Wildman–Crippen LogP) is 4.96. The van der Waals surface area contributed by atoms with Crippen LogP contribution in [0.25, 0.3) is 10.2 Å². The Balaban J connectivity index is 1.93. The van der Waals surface area contributed by atoms with Crippen LogP contribution in [0.5, 0.6) is 0 Å². The van der Waals surface area contributed by atoms with Crippen molar-refractivity contribution in [3.05, 3.63) is 71.3 Å².